The van der Waals surface area contributed by atoms with Crippen molar-refractivity contribution in [1.29, 1.82) is 0 Å². The molecule has 0 heterocycles. The van der Waals surface area contributed by atoms with Gasteiger partial charge in [-0.05, 0) is 25.3 Å². The Balaban J connectivity index is 2.26. The predicted molar refractivity (Wildman–Crippen MR) is 44.7 cm³/mol. The third-order valence-electron chi connectivity index (χ3n) is 2.75. The summed E-state index contributed by atoms with van der Waals surface area (Å²) >= 11 is 0. The van der Waals surface area contributed by atoms with Crippen LogP contribution < -0.4 is 0 Å². The van der Waals surface area contributed by atoms with E-state index in [1.807, 2.05) is 0 Å². The minimum Gasteiger partial charge on any atom is -0.299 e. The zero-order chi connectivity index (χ0) is 8.55. The maximum Gasteiger partial charge on any atom is 0.155 e. The van der Waals surface area contributed by atoms with Crippen molar-refractivity contribution in [2.45, 2.75) is 32.1 Å². The van der Waals surface area contributed by atoms with E-state index in [0.717, 1.165) is 31.3 Å². The number of carbonyl (C=O) groups is 2. The Kier molecular flexibility index (Phi) is 1.83. The summed E-state index contributed by atoms with van der Waals surface area (Å²) < 4.78 is 0. The Hall–Kier alpha value is -0.920. The monoisotopic (exact) mass is 164 g/mol. The van der Waals surface area contributed by atoms with Crippen molar-refractivity contribution in [2.24, 2.45) is 5.92 Å². The molecule has 0 spiro atoms. The average molecular weight is 164 g/mol. The van der Waals surface area contributed by atoms with E-state index in [0.29, 0.717) is 12.2 Å². The van der Waals surface area contributed by atoms with Crippen LogP contribution in [0, 0.1) is 5.92 Å². The second kappa shape index (κ2) is 2.85. The highest BCUT2D eigenvalue weighted by Crippen LogP contribution is 2.33. The van der Waals surface area contributed by atoms with Crippen LogP contribution >= 0.6 is 0 Å². The number of Topliss-reactive ketones (excluding diaryl/α,β-unsaturated/α-hetero) is 1. The van der Waals surface area contributed by atoms with Gasteiger partial charge in [-0.25, -0.2) is 0 Å². The predicted octanol–water partition coefficient (Wildman–Crippen LogP) is 1.64. The molecule has 0 aromatic rings. The smallest absolute Gasteiger partial charge is 0.155 e. The van der Waals surface area contributed by atoms with E-state index in [-0.39, 0.29) is 11.7 Å². The Labute approximate surface area is 71.6 Å². The molecule has 0 aromatic heterocycles. The lowest BCUT2D eigenvalue weighted by Crippen LogP contribution is -2.25. The number of ketones is 2. The van der Waals surface area contributed by atoms with Gasteiger partial charge in [0.2, 0.25) is 0 Å². The summed E-state index contributed by atoms with van der Waals surface area (Å²) in [5.74, 6) is 0.660. The van der Waals surface area contributed by atoms with Gasteiger partial charge < -0.3 is 0 Å². The zero-order valence-electron chi connectivity index (χ0n) is 7.01. The van der Waals surface area contributed by atoms with Crippen LogP contribution in [0.2, 0.25) is 0 Å². The fourth-order valence-electron chi connectivity index (χ4n) is 2.11. The van der Waals surface area contributed by atoms with Gasteiger partial charge in [0.25, 0.3) is 0 Å². The molecule has 2 aliphatic carbocycles. The van der Waals surface area contributed by atoms with Crippen LogP contribution in [0.3, 0.4) is 0 Å². The van der Waals surface area contributed by atoms with E-state index in [1.54, 1.807) is 6.08 Å². The molecule has 0 aliphatic heterocycles. The SMILES string of the molecule is O=C1C=C2CCCC(=O)C2CC1. The molecule has 0 aromatic carbocycles. The number of rotatable bonds is 0. The van der Waals surface area contributed by atoms with Crippen LogP contribution in [0.1, 0.15) is 32.1 Å². The fourth-order valence-corrected chi connectivity index (χ4v) is 2.11. The highest BCUT2D eigenvalue weighted by Gasteiger charge is 2.29. The van der Waals surface area contributed by atoms with Crippen molar-refractivity contribution in [2.75, 3.05) is 0 Å². The summed E-state index contributed by atoms with van der Waals surface area (Å²) in [7, 11) is 0. The third-order valence-corrected chi connectivity index (χ3v) is 2.75. The van der Waals surface area contributed by atoms with Crippen molar-refractivity contribution in [3.63, 3.8) is 0 Å². The quantitative estimate of drug-likeness (QED) is 0.545. The molecule has 1 unspecified atom stereocenters. The van der Waals surface area contributed by atoms with Gasteiger partial charge in [-0.15, -0.1) is 0 Å². The molecule has 2 heteroatoms. The maximum absolute atomic E-state index is 11.4. The first-order valence-corrected chi connectivity index (χ1v) is 4.53. The van der Waals surface area contributed by atoms with Gasteiger partial charge in [0.15, 0.2) is 5.78 Å². The lowest BCUT2D eigenvalue weighted by Gasteiger charge is -2.26. The van der Waals surface area contributed by atoms with Crippen LogP contribution in [0.25, 0.3) is 0 Å². The zero-order valence-corrected chi connectivity index (χ0v) is 7.01. The number of fused-ring (bicyclic) bond motifs is 1. The number of carbonyl (C=O) groups excluding carboxylic acids is 2. The van der Waals surface area contributed by atoms with Crippen molar-refractivity contribution in [1.82, 2.24) is 0 Å². The molecule has 2 aliphatic rings. The van der Waals surface area contributed by atoms with E-state index in [9.17, 15) is 9.59 Å². The molecule has 2 rings (SSSR count). The molecule has 0 saturated heterocycles. The second-order valence-corrected chi connectivity index (χ2v) is 3.60. The summed E-state index contributed by atoms with van der Waals surface area (Å²) in [5, 5.41) is 0. The molecule has 0 N–H and O–H groups in total. The topological polar surface area (TPSA) is 34.1 Å². The number of hydrogen-bond donors (Lipinski definition) is 0. The molecule has 0 amide bonds. The average Bonchev–Trinajstić information content (AvgIpc) is 2.04. The first-order chi connectivity index (χ1) is 5.77. The molecule has 12 heavy (non-hydrogen) atoms. The molecule has 64 valence electrons. The van der Waals surface area contributed by atoms with Crippen LogP contribution in [-0.4, -0.2) is 11.6 Å². The number of hydrogen-bond acceptors (Lipinski definition) is 2. The van der Waals surface area contributed by atoms with Gasteiger partial charge in [0.05, 0.1) is 0 Å². The van der Waals surface area contributed by atoms with Crippen LogP contribution in [-0.2, 0) is 9.59 Å². The van der Waals surface area contributed by atoms with E-state index < -0.39 is 0 Å². The molecule has 0 bridgehead atoms. The third kappa shape index (κ3) is 1.22. The van der Waals surface area contributed by atoms with Crippen molar-refractivity contribution in [3.8, 4) is 0 Å². The largest absolute Gasteiger partial charge is 0.299 e. The summed E-state index contributed by atoms with van der Waals surface area (Å²) in [4.78, 5) is 22.4. The second-order valence-electron chi connectivity index (χ2n) is 3.60. The highest BCUT2D eigenvalue weighted by atomic mass is 16.1. The lowest BCUT2D eigenvalue weighted by molar-refractivity contribution is -0.123. The van der Waals surface area contributed by atoms with Gasteiger partial charge in [-0.1, -0.05) is 5.57 Å². The first kappa shape index (κ1) is 7.71. The van der Waals surface area contributed by atoms with Crippen molar-refractivity contribution >= 4 is 11.6 Å². The fraction of sp³-hybridized carbons (Fsp3) is 0.600. The maximum atomic E-state index is 11.4. The summed E-state index contributed by atoms with van der Waals surface area (Å²) in [5.41, 5.74) is 1.10. The minimum atomic E-state index is 0.108. The first-order valence-electron chi connectivity index (χ1n) is 4.53. The Bertz CT molecular complexity index is 263. The molecule has 1 atom stereocenters. The van der Waals surface area contributed by atoms with Crippen LogP contribution in [0.4, 0.5) is 0 Å². The molecule has 0 radical (unpaired) electrons. The van der Waals surface area contributed by atoms with E-state index in [4.69, 9.17) is 0 Å². The van der Waals surface area contributed by atoms with Crippen LogP contribution in [0.5, 0.6) is 0 Å². The van der Waals surface area contributed by atoms with Crippen molar-refractivity contribution in [3.05, 3.63) is 11.6 Å². The molecular weight excluding hydrogens is 152 g/mol. The van der Waals surface area contributed by atoms with E-state index >= 15 is 0 Å². The molecule has 2 nitrogen and oxygen atoms in total. The van der Waals surface area contributed by atoms with E-state index in [1.165, 1.54) is 0 Å². The van der Waals surface area contributed by atoms with Crippen LogP contribution in [0.15, 0.2) is 11.6 Å². The van der Waals surface area contributed by atoms with Gasteiger partial charge in [0, 0.05) is 18.8 Å². The standard InChI is InChI=1S/C10H12O2/c11-8-4-5-9-7(6-8)2-1-3-10(9)12/h6,9H,1-5H2. The van der Waals surface area contributed by atoms with Gasteiger partial charge >= 0.3 is 0 Å². The van der Waals surface area contributed by atoms with Gasteiger partial charge in [-0.2, -0.15) is 0 Å². The molecular formula is C10H12O2. The Morgan fingerprint density at radius 2 is 2.00 bits per heavy atom. The summed E-state index contributed by atoms with van der Waals surface area (Å²) in [6, 6.07) is 0. The summed E-state index contributed by atoms with van der Waals surface area (Å²) in [6.45, 7) is 0. The van der Waals surface area contributed by atoms with Gasteiger partial charge in [0.1, 0.15) is 5.78 Å². The van der Waals surface area contributed by atoms with Gasteiger partial charge in [-0.3, -0.25) is 9.59 Å². The Morgan fingerprint density at radius 3 is 2.83 bits per heavy atom. The minimum absolute atomic E-state index is 0.108. The normalized spacial score (nSPS) is 29.7. The highest BCUT2D eigenvalue weighted by molar-refractivity contribution is 5.95. The molecule has 1 fully saturated rings. The van der Waals surface area contributed by atoms with Crippen molar-refractivity contribution < 1.29 is 9.59 Å². The number of allylic oxidation sites excluding steroid dienone is 2. The summed E-state index contributed by atoms with van der Waals surface area (Å²) in [6.07, 6.45) is 5.65. The van der Waals surface area contributed by atoms with E-state index in [2.05, 4.69) is 0 Å². The Morgan fingerprint density at radius 1 is 1.17 bits per heavy atom. The lowest BCUT2D eigenvalue weighted by atomic mass is 9.77. The molecule has 1 saturated carbocycles.